The van der Waals surface area contributed by atoms with Crippen molar-refractivity contribution in [1.29, 1.82) is 0 Å². The second-order valence-electron chi connectivity index (χ2n) is 9.18. The highest BCUT2D eigenvalue weighted by Crippen LogP contribution is 2.41. The van der Waals surface area contributed by atoms with Gasteiger partial charge in [-0.15, -0.1) is 11.8 Å². The van der Waals surface area contributed by atoms with Gasteiger partial charge in [0.1, 0.15) is 22.8 Å². The number of hydrogen-bond donors (Lipinski definition) is 3. The van der Waals surface area contributed by atoms with E-state index in [2.05, 4.69) is 10.6 Å². The predicted molar refractivity (Wildman–Crippen MR) is 137 cm³/mol. The molecule has 3 rings (SSSR count). The van der Waals surface area contributed by atoms with Crippen molar-refractivity contribution >= 4 is 45.5 Å². The molecule has 3 amide bonds. The highest BCUT2D eigenvalue weighted by Gasteiger charge is 2.43. The number of hydrogen-bond acceptors (Lipinski definition) is 7. The van der Waals surface area contributed by atoms with Gasteiger partial charge in [0, 0.05) is 11.4 Å². The van der Waals surface area contributed by atoms with Crippen LogP contribution in [-0.4, -0.2) is 59.7 Å². The van der Waals surface area contributed by atoms with Crippen molar-refractivity contribution in [3.8, 4) is 0 Å². The largest absolute Gasteiger partial charge is 0.458 e. The van der Waals surface area contributed by atoms with Crippen LogP contribution < -0.4 is 10.6 Å². The number of esters is 1. The standard InChI is InChI=1S/C24H29N3O7S2/c1-24(2,3)34-22(29)19-14-35-21(17-9-5-4-6-10-17)27(19)20(28)13-25-23(30)26-18-11-7-8-16(12-18)15-36(31,32)33/h4-12,19,21H,13-15H2,1-3H3,(H2,25,26,30)(H,31,32,33). The number of thioether (sulfide) groups is 1. The van der Waals surface area contributed by atoms with Gasteiger partial charge in [0.25, 0.3) is 10.1 Å². The molecule has 2 unspecified atom stereocenters. The Kier molecular flexibility index (Phi) is 8.64. The molecule has 1 saturated heterocycles. The third-order valence-corrected chi connectivity index (χ3v) is 7.01. The van der Waals surface area contributed by atoms with Crippen LogP contribution in [0.2, 0.25) is 0 Å². The average molecular weight is 536 g/mol. The zero-order chi connectivity index (χ0) is 26.5. The summed E-state index contributed by atoms with van der Waals surface area (Å²) in [6, 6.07) is 13.7. The van der Waals surface area contributed by atoms with Crippen molar-refractivity contribution in [3.05, 3.63) is 65.7 Å². The van der Waals surface area contributed by atoms with Crippen LogP contribution >= 0.6 is 11.8 Å². The van der Waals surface area contributed by atoms with E-state index in [9.17, 15) is 22.8 Å². The zero-order valence-electron chi connectivity index (χ0n) is 20.1. The van der Waals surface area contributed by atoms with Gasteiger partial charge >= 0.3 is 12.0 Å². The molecule has 194 valence electrons. The summed E-state index contributed by atoms with van der Waals surface area (Å²) in [4.78, 5) is 40.0. The minimum absolute atomic E-state index is 0.284. The maximum Gasteiger partial charge on any atom is 0.330 e. The van der Waals surface area contributed by atoms with Crippen molar-refractivity contribution in [3.63, 3.8) is 0 Å². The molecule has 2 atom stereocenters. The molecule has 1 aliphatic heterocycles. The lowest BCUT2D eigenvalue weighted by atomic mass is 10.1. The maximum absolute atomic E-state index is 13.2. The first-order valence-electron chi connectivity index (χ1n) is 11.1. The number of anilines is 1. The number of carbonyl (C=O) groups excluding carboxylic acids is 3. The lowest BCUT2D eigenvalue weighted by Gasteiger charge is -2.30. The van der Waals surface area contributed by atoms with E-state index in [-0.39, 0.29) is 17.8 Å². The van der Waals surface area contributed by atoms with Crippen LogP contribution in [0.15, 0.2) is 54.6 Å². The molecule has 1 fully saturated rings. The second-order valence-corrected chi connectivity index (χ2v) is 11.7. The Morgan fingerprint density at radius 3 is 2.44 bits per heavy atom. The van der Waals surface area contributed by atoms with E-state index in [1.165, 1.54) is 40.9 Å². The third-order valence-electron chi connectivity index (χ3n) is 4.99. The number of benzene rings is 2. The number of ether oxygens (including phenoxy) is 1. The van der Waals surface area contributed by atoms with Crippen LogP contribution in [-0.2, 0) is 30.2 Å². The van der Waals surface area contributed by atoms with Crippen LogP contribution in [0.5, 0.6) is 0 Å². The molecule has 10 nitrogen and oxygen atoms in total. The maximum atomic E-state index is 13.2. The van der Waals surface area contributed by atoms with E-state index >= 15 is 0 Å². The summed E-state index contributed by atoms with van der Waals surface area (Å²) >= 11 is 1.44. The molecule has 0 bridgehead atoms. The summed E-state index contributed by atoms with van der Waals surface area (Å²) in [5.74, 6) is -1.21. The molecular formula is C24H29N3O7S2. The van der Waals surface area contributed by atoms with Crippen LogP contribution in [0.1, 0.15) is 37.3 Å². The molecule has 0 aliphatic carbocycles. The van der Waals surface area contributed by atoms with Gasteiger partial charge in [-0.05, 0) is 44.0 Å². The molecule has 36 heavy (non-hydrogen) atoms. The van der Waals surface area contributed by atoms with Gasteiger partial charge in [-0.3, -0.25) is 9.35 Å². The summed E-state index contributed by atoms with van der Waals surface area (Å²) in [6.45, 7) is 4.89. The fourth-order valence-electron chi connectivity index (χ4n) is 3.61. The fourth-order valence-corrected chi connectivity index (χ4v) is 5.65. The molecule has 0 saturated carbocycles. The molecule has 12 heteroatoms. The van der Waals surface area contributed by atoms with Crippen molar-refractivity contribution in [2.45, 2.75) is 43.5 Å². The molecule has 1 heterocycles. The van der Waals surface area contributed by atoms with Crippen LogP contribution in [0.4, 0.5) is 10.5 Å². The van der Waals surface area contributed by atoms with Gasteiger partial charge in [0.15, 0.2) is 0 Å². The van der Waals surface area contributed by atoms with E-state index in [1.54, 1.807) is 20.8 Å². The van der Waals surface area contributed by atoms with Crippen LogP contribution in [0.3, 0.4) is 0 Å². The summed E-state index contributed by atoms with van der Waals surface area (Å²) in [5, 5.41) is 4.59. The monoisotopic (exact) mass is 535 g/mol. The summed E-state index contributed by atoms with van der Waals surface area (Å²) < 4.78 is 36.7. The van der Waals surface area contributed by atoms with Crippen molar-refractivity contribution < 1.29 is 32.1 Å². The highest BCUT2D eigenvalue weighted by atomic mass is 32.2. The van der Waals surface area contributed by atoms with Gasteiger partial charge in [-0.25, -0.2) is 9.59 Å². The molecule has 3 N–H and O–H groups in total. The second kappa shape index (κ2) is 11.3. The van der Waals surface area contributed by atoms with Crippen molar-refractivity contribution in [2.75, 3.05) is 17.6 Å². The Morgan fingerprint density at radius 1 is 1.11 bits per heavy atom. The average Bonchev–Trinajstić information content (AvgIpc) is 3.21. The van der Waals surface area contributed by atoms with Crippen molar-refractivity contribution in [2.24, 2.45) is 0 Å². The van der Waals surface area contributed by atoms with Gasteiger partial charge in [-0.2, -0.15) is 8.42 Å². The van der Waals surface area contributed by atoms with E-state index in [0.717, 1.165) is 5.56 Å². The predicted octanol–water partition coefficient (Wildman–Crippen LogP) is 3.18. The van der Waals surface area contributed by atoms with Gasteiger partial charge in [-0.1, -0.05) is 42.5 Å². The van der Waals surface area contributed by atoms with E-state index in [1.807, 2.05) is 30.3 Å². The minimum atomic E-state index is -4.22. The summed E-state index contributed by atoms with van der Waals surface area (Å²) in [7, 11) is -4.22. The smallest absolute Gasteiger partial charge is 0.330 e. The molecule has 0 spiro atoms. The molecule has 1 aliphatic rings. The number of carbonyl (C=O) groups is 3. The summed E-state index contributed by atoms with van der Waals surface area (Å²) in [5.41, 5.74) is 0.698. The Hall–Kier alpha value is -3.09. The van der Waals surface area contributed by atoms with Crippen LogP contribution in [0.25, 0.3) is 0 Å². The lowest BCUT2D eigenvalue weighted by molar-refractivity contribution is -0.163. The lowest BCUT2D eigenvalue weighted by Crippen LogP contribution is -2.49. The Bertz CT molecular complexity index is 1210. The van der Waals surface area contributed by atoms with E-state index in [0.29, 0.717) is 5.75 Å². The zero-order valence-corrected chi connectivity index (χ0v) is 21.8. The number of nitrogens with one attached hydrogen (secondary N) is 2. The third kappa shape index (κ3) is 7.97. The Balaban J connectivity index is 1.69. The Labute approximate surface area is 214 Å². The highest BCUT2D eigenvalue weighted by molar-refractivity contribution is 7.99. The fraction of sp³-hybridized carbons (Fsp3) is 0.375. The summed E-state index contributed by atoms with van der Waals surface area (Å²) in [6.07, 6.45) is 0. The topological polar surface area (TPSA) is 142 Å². The SMILES string of the molecule is CC(C)(C)OC(=O)C1CSC(c2ccccc2)N1C(=O)CNC(=O)Nc1cccc(CS(=O)(=O)O)c1. The number of urea groups is 1. The molecule has 2 aromatic carbocycles. The first-order chi connectivity index (χ1) is 16.8. The van der Waals surface area contributed by atoms with Crippen molar-refractivity contribution in [1.82, 2.24) is 10.2 Å². The van der Waals surface area contributed by atoms with Gasteiger partial charge < -0.3 is 20.3 Å². The normalized spacial score (nSPS) is 17.9. The number of amides is 3. The van der Waals surface area contributed by atoms with Gasteiger partial charge in [0.05, 0.1) is 6.54 Å². The Morgan fingerprint density at radius 2 is 1.81 bits per heavy atom. The quantitative estimate of drug-likeness (QED) is 0.363. The molecule has 0 radical (unpaired) electrons. The number of nitrogens with zero attached hydrogens (tertiary/aromatic N) is 1. The first-order valence-corrected chi connectivity index (χ1v) is 13.8. The molecular weight excluding hydrogens is 506 g/mol. The molecule has 2 aromatic rings. The molecule has 0 aromatic heterocycles. The van der Waals surface area contributed by atoms with Crippen LogP contribution in [0, 0.1) is 0 Å². The number of rotatable bonds is 7. The minimum Gasteiger partial charge on any atom is -0.458 e. The van der Waals surface area contributed by atoms with E-state index in [4.69, 9.17) is 9.29 Å². The first kappa shape index (κ1) is 27.5. The van der Waals surface area contributed by atoms with E-state index < -0.39 is 50.8 Å². The van der Waals surface area contributed by atoms with Gasteiger partial charge in [0.2, 0.25) is 5.91 Å².